The number of esters is 1. The van der Waals surface area contributed by atoms with Crippen LogP contribution >= 0.6 is 0 Å². The van der Waals surface area contributed by atoms with E-state index in [0.717, 1.165) is 29.3 Å². The summed E-state index contributed by atoms with van der Waals surface area (Å²) in [6.07, 6.45) is -1.58. The van der Waals surface area contributed by atoms with Crippen molar-refractivity contribution in [1.82, 2.24) is 20.4 Å². The molecule has 300 valence electrons. The van der Waals surface area contributed by atoms with Crippen molar-refractivity contribution in [3.63, 3.8) is 0 Å². The molecule has 3 aromatic carbocycles. The van der Waals surface area contributed by atoms with Crippen molar-refractivity contribution in [3.05, 3.63) is 80.9 Å². The number of aryl methyl sites for hydroxylation is 1. The summed E-state index contributed by atoms with van der Waals surface area (Å²) in [6, 6.07) is 5.14. The third-order valence-corrected chi connectivity index (χ3v) is 11.4. The van der Waals surface area contributed by atoms with Crippen LogP contribution in [0.15, 0.2) is 36.4 Å². The molecule has 0 saturated carbocycles. The zero-order valence-electron chi connectivity index (χ0n) is 32.1. The Morgan fingerprint density at radius 3 is 2.53 bits per heavy atom. The molecule has 1 fully saturated rings. The molecule has 0 aliphatic carbocycles. The summed E-state index contributed by atoms with van der Waals surface area (Å²) in [4.78, 5) is 43.2. The summed E-state index contributed by atoms with van der Waals surface area (Å²) in [5.41, 5.74) is 3.35. The van der Waals surface area contributed by atoms with Crippen LogP contribution in [0, 0.1) is 25.2 Å². The lowest BCUT2D eigenvalue weighted by atomic mass is 9.71. The monoisotopic (exact) mass is 789 g/mol. The van der Waals surface area contributed by atoms with Gasteiger partial charge in [0, 0.05) is 53.9 Å². The Hall–Kier alpha value is -5.79. The van der Waals surface area contributed by atoms with Crippen LogP contribution in [0.25, 0.3) is 6.08 Å². The van der Waals surface area contributed by atoms with Crippen molar-refractivity contribution in [1.29, 1.82) is 5.26 Å². The lowest BCUT2D eigenvalue weighted by molar-refractivity contribution is -0.137. The van der Waals surface area contributed by atoms with Crippen molar-refractivity contribution >= 4 is 23.9 Å². The van der Waals surface area contributed by atoms with Gasteiger partial charge in [-0.2, -0.15) is 18.4 Å². The minimum atomic E-state index is -4.55. The highest BCUT2D eigenvalue weighted by molar-refractivity contribution is 5.95. The Kier molecular flexibility index (Phi) is 10.3. The maximum absolute atomic E-state index is 13.7. The number of likely N-dealkylation sites (N-methyl/N-ethyl adjacent to an activating group) is 1. The second-order valence-electron chi connectivity index (χ2n) is 14.8. The average Bonchev–Trinajstić information content (AvgIpc) is 3.65. The van der Waals surface area contributed by atoms with E-state index in [1.165, 1.54) is 39.2 Å². The van der Waals surface area contributed by atoms with Crippen LogP contribution in [-0.2, 0) is 33.4 Å². The van der Waals surface area contributed by atoms with E-state index in [4.69, 9.17) is 18.9 Å². The lowest BCUT2D eigenvalue weighted by Crippen LogP contribution is -2.69. The van der Waals surface area contributed by atoms with Crippen LogP contribution in [0.2, 0.25) is 0 Å². The number of carbonyl (C=O) groups is 3. The molecular formula is C41H42F3N5O8. The van der Waals surface area contributed by atoms with Crippen LogP contribution in [-0.4, -0.2) is 84.4 Å². The van der Waals surface area contributed by atoms with E-state index >= 15 is 0 Å². The molecule has 1 saturated heterocycles. The lowest BCUT2D eigenvalue weighted by Gasteiger charge is -2.60. The zero-order chi connectivity index (χ0) is 41.1. The number of nitriles is 1. The van der Waals surface area contributed by atoms with Crippen molar-refractivity contribution in [2.24, 2.45) is 0 Å². The summed E-state index contributed by atoms with van der Waals surface area (Å²) in [5, 5.41) is 28.1. The number of fused-ring (bicyclic) bond motifs is 9. The topological polar surface area (TPSA) is 163 Å². The Balaban J connectivity index is 1.25. The minimum Gasteiger partial charge on any atom is -0.504 e. The molecule has 6 atom stereocenters. The number of hydrogen-bond acceptors (Lipinski definition) is 11. The fourth-order valence-corrected chi connectivity index (χ4v) is 8.98. The van der Waals surface area contributed by atoms with Gasteiger partial charge in [-0.05, 0) is 75.6 Å². The van der Waals surface area contributed by atoms with Crippen molar-refractivity contribution in [2.45, 2.75) is 83.0 Å². The first-order valence-corrected chi connectivity index (χ1v) is 18.4. The predicted octanol–water partition coefficient (Wildman–Crippen LogP) is 4.80. The van der Waals surface area contributed by atoms with Gasteiger partial charge < -0.3 is 34.7 Å². The Labute approximate surface area is 326 Å². The largest absolute Gasteiger partial charge is 0.504 e. The number of rotatable bonds is 8. The molecule has 0 radical (unpaired) electrons. The smallest absolute Gasteiger partial charge is 0.416 e. The number of nitrogens with one attached hydrogen (secondary N) is 2. The van der Waals surface area contributed by atoms with Crippen LogP contribution in [0.1, 0.15) is 70.4 Å². The van der Waals surface area contributed by atoms with E-state index in [2.05, 4.69) is 21.6 Å². The number of carbonyl (C=O) groups excluding carboxylic acids is 3. The molecule has 4 heterocycles. The molecule has 0 aromatic heterocycles. The summed E-state index contributed by atoms with van der Waals surface area (Å²) < 4.78 is 63.0. The summed E-state index contributed by atoms with van der Waals surface area (Å²) in [7, 11) is 3.41. The van der Waals surface area contributed by atoms with Gasteiger partial charge in [0.05, 0.1) is 30.8 Å². The van der Waals surface area contributed by atoms with Crippen LogP contribution < -0.4 is 29.6 Å². The first-order valence-electron chi connectivity index (χ1n) is 18.4. The van der Waals surface area contributed by atoms with E-state index in [1.54, 1.807) is 6.92 Å². The number of halogens is 3. The number of phenols is 1. The molecule has 2 bridgehead atoms. The Bertz CT molecular complexity index is 2240. The molecule has 16 heteroatoms. The number of methoxy groups -OCH3 is 1. The second-order valence-corrected chi connectivity index (χ2v) is 14.8. The minimum absolute atomic E-state index is 0.00237. The quantitative estimate of drug-likeness (QED) is 0.163. The molecule has 4 aliphatic rings. The van der Waals surface area contributed by atoms with Gasteiger partial charge in [-0.25, -0.2) is 0 Å². The van der Waals surface area contributed by atoms with Crippen molar-refractivity contribution in [2.75, 3.05) is 27.5 Å². The van der Waals surface area contributed by atoms with Gasteiger partial charge >= 0.3 is 12.1 Å². The van der Waals surface area contributed by atoms with Gasteiger partial charge in [-0.15, -0.1) is 0 Å². The maximum Gasteiger partial charge on any atom is 0.416 e. The van der Waals surface area contributed by atoms with Gasteiger partial charge in [0.2, 0.25) is 18.6 Å². The summed E-state index contributed by atoms with van der Waals surface area (Å²) in [6.45, 7) is 6.18. The van der Waals surface area contributed by atoms with Crippen LogP contribution in [0.4, 0.5) is 13.2 Å². The highest BCUT2D eigenvalue weighted by Gasteiger charge is 2.57. The number of hydrogen-bond donors (Lipinski definition) is 3. The maximum atomic E-state index is 13.7. The third-order valence-electron chi connectivity index (χ3n) is 11.4. The molecule has 13 nitrogen and oxygen atoms in total. The first-order chi connectivity index (χ1) is 27.0. The second kappa shape index (κ2) is 14.9. The van der Waals surface area contributed by atoms with Gasteiger partial charge in [-0.3, -0.25) is 24.2 Å². The van der Waals surface area contributed by atoms with Crippen LogP contribution in [0.5, 0.6) is 28.7 Å². The highest BCUT2D eigenvalue weighted by atomic mass is 19.4. The SMILES string of the molecule is COc1c(C)cc2c(c1O)[C@@H]1C3Cc4c(OC(C)=O)c(C)c5c(c4[C@H](CNC(=O)C(C)NC(=O)/C=C/c4cccc(C(F)(F)F)c4)N3[C@@H](C#N)[C@@H](C2)N1C)OCO5. The number of alkyl halides is 3. The summed E-state index contributed by atoms with van der Waals surface area (Å²) >= 11 is 0. The number of phenolic OH excluding ortho intramolecular Hbond substituents is 1. The molecule has 3 aromatic rings. The average molecular weight is 790 g/mol. The first kappa shape index (κ1) is 39.4. The van der Waals surface area contributed by atoms with Gasteiger partial charge in [0.15, 0.2) is 23.0 Å². The van der Waals surface area contributed by atoms with Gasteiger partial charge in [0.1, 0.15) is 17.8 Å². The Morgan fingerprint density at radius 1 is 1.11 bits per heavy atom. The third kappa shape index (κ3) is 6.88. The number of aromatic hydroxyl groups is 1. The van der Waals surface area contributed by atoms with Crippen LogP contribution in [0.3, 0.4) is 0 Å². The number of amides is 2. The van der Waals surface area contributed by atoms with E-state index < -0.39 is 59.7 Å². The molecule has 3 N–H and O–H groups in total. The van der Waals surface area contributed by atoms with E-state index in [9.17, 15) is 37.9 Å². The molecular weight excluding hydrogens is 747 g/mol. The number of ether oxygens (including phenoxy) is 4. The fourth-order valence-electron chi connectivity index (χ4n) is 8.98. The normalized spacial score (nSPS) is 22.8. The Morgan fingerprint density at radius 2 is 1.84 bits per heavy atom. The zero-order valence-corrected chi connectivity index (χ0v) is 32.1. The number of nitrogens with zero attached hydrogens (tertiary/aromatic N) is 3. The number of benzene rings is 3. The predicted molar refractivity (Wildman–Crippen MR) is 199 cm³/mol. The standard InChI is InChI=1S/C41H42F3N5O8/c1-19-12-24-14-27-29(16-45)49-28(34(48(27)5)32(24)35(52)36(19)54-6)15-26-33(39-38(55-18-56-39)20(2)37(26)57-22(4)50)30(49)17-46-40(53)21(3)47-31(51)11-10-23-8-7-9-25(13-23)41(42,43)44/h7-13,21,27-30,34,52H,14-15,17-18H2,1-6H3,(H,46,53)(H,47,51)/b11-10+/t21?,27-,28?,29+,30+,34+/m1/s1. The van der Waals surface area contributed by atoms with Gasteiger partial charge in [-0.1, -0.05) is 18.2 Å². The van der Waals surface area contributed by atoms with E-state index in [0.29, 0.717) is 45.9 Å². The highest BCUT2D eigenvalue weighted by Crippen LogP contribution is 2.58. The van der Waals surface area contributed by atoms with Crippen molar-refractivity contribution in [3.8, 4) is 34.8 Å². The number of piperazine rings is 1. The molecule has 0 spiro atoms. The molecule has 2 amide bonds. The van der Waals surface area contributed by atoms with Gasteiger partial charge in [0.25, 0.3) is 0 Å². The molecule has 57 heavy (non-hydrogen) atoms. The molecule has 7 rings (SSSR count). The molecule has 2 unspecified atom stereocenters. The molecule has 4 aliphatic heterocycles. The summed E-state index contributed by atoms with van der Waals surface area (Å²) in [5.74, 6) is -0.439. The van der Waals surface area contributed by atoms with Crippen molar-refractivity contribution < 1.29 is 51.6 Å². The fraction of sp³-hybridized carbons (Fsp3) is 0.415. The van der Waals surface area contributed by atoms with E-state index in [1.807, 2.05) is 24.9 Å². The van der Waals surface area contributed by atoms with E-state index in [-0.39, 0.29) is 42.9 Å².